The van der Waals surface area contributed by atoms with Gasteiger partial charge in [0, 0.05) is 36.3 Å². The fourth-order valence-corrected chi connectivity index (χ4v) is 5.13. The predicted octanol–water partition coefficient (Wildman–Crippen LogP) is 2.91. The highest BCUT2D eigenvalue weighted by Gasteiger charge is 2.25. The molecule has 0 amide bonds. The largest absolute Gasteiger partial charge is 0.478 e. The maximum Gasteiger partial charge on any atom is 0.335 e. The van der Waals surface area contributed by atoms with Crippen molar-refractivity contribution < 1.29 is 18.3 Å². The second-order valence-corrected chi connectivity index (χ2v) is 8.91. The van der Waals surface area contributed by atoms with Crippen molar-refractivity contribution in [1.29, 1.82) is 0 Å². The van der Waals surface area contributed by atoms with Crippen molar-refractivity contribution in [1.82, 2.24) is 9.29 Å². The van der Waals surface area contributed by atoms with Gasteiger partial charge in [0.05, 0.1) is 10.5 Å². The van der Waals surface area contributed by atoms with E-state index in [4.69, 9.17) is 10.8 Å². The number of fused-ring (bicyclic) bond motifs is 1. The Kier molecular flexibility index (Phi) is 7.15. The van der Waals surface area contributed by atoms with Crippen LogP contribution in [0.25, 0.3) is 10.8 Å². The number of sulfonamides is 1. The number of rotatable bonds is 10. The Labute approximate surface area is 176 Å². The molecule has 2 aromatic carbocycles. The van der Waals surface area contributed by atoms with Crippen molar-refractivity contribution in [2.24, 2.45) is 5.73 Å². The molecule has 3 rings (SSSR count). The van der Waals surface area contributed by atoms with Crippen LogP contribution in [0, 0.1) is 0 Å². The van der Waals surface area contributed by atoms with Crippen LogP contribution in [-0.2, 0) is 16.4 Å². The summed E-state index contributed by atoms with van der Waals surface area (Å²) in [6, 6.07) is 13.6. The third-order valence-electron chi connectivity index (χ3n) is 4.92. The number of nitrogens with zero attached hydrogens (tertiary/aromatic N) is 2. The van der Waals surface area contributed by atoms with E-state index >= 15 is 0 Å². The SMILES string of the molecule is NCCCN(CCCc1cccc(C(=O)O)c1)S(=O)(=O)c1cccc2cnccc12. The Balaban J connectivity index is 1.81. The zero-order chi connectivity index (χ0) is 21.6. The van der Waals surface area contributed by atoms with Crippen molar-refractivity contribution in [3.05, 3.63) is 72.1 Å². The number of pyridine rings is 1. The zero-order valence-corrected chi connectivity index (χ0v) is 17.4. The zero-order valence-electron chi connectivity index (χ0n) is 16.6. The van der Waals surface area contributed by atoms with Crippen LogP contribution >= 0.6 is 0 Å². The molecule has 7 nitrogen and oxygen atoms in total. The molecule has 3 aromatic rings. The second kappa shape index (κ2) is 9.80. The number of nitrogens with two attached hydrogens (primary N) is 1. The lowest BCUT2D eigenvalue weighted by Crippen LogP contribution is -2.34. The van der Waals surface area contributed by atoms with Gasteiger partial charge >= 0.3 is 5.97 Å². The van der Waals surface area contributed by atoms with Gasteiger partial charge in [-0.3, -0.25) is 4.98 Å². The fourth-order valence-electron chi connectivity index (χ4n) is 3.40. The van der Waals surface area contributed by atoms with Gasteiger partial charge in [0.25, 0.3) is 0 Å². The molecule has 3 N–H and O–H groups in total. The number of aromatic carboxylic acids is 1. The second-order valence-electron chi connectivity index (χ2n) is 7.01. The number of benzene rings is 2. The van der Waals surface area contributed by atoms with Crippen LogP contribution in [0.5, 0.6) is 0 Å². The van der Waals surface area contributed by atoms with Gasteiger partial charge in [0.2, 0.25) is 10.0 Å². The lowest BCUT2D eigenvalue weighted by Gasteiger charge is -2.23. The van der Waals surface area contributed by atoms with E-state index in [1.54, 1.807) is 48.8 Å². The van der Waals surface area contributed by atoms with Gasteiger partial charge in [-0.25, -0.2) is 13.2 Å². The molecule has 30 heavy (non-hydrogen) atoms. The first-order valence-electron chi connectivity index (χ1n) is 9.78. The number of carbonyl (C=O) groups is 1. The van der Waals surface area contributed by atoms with Gasteiger partial charge in [-0.05, 0) is 55.6 Å². The quantitative estimate of drug-likeness (QED) is 0.514. The summed E-state index contributed by atoms with van der Waals surface area (Å²) in [6.45, 7) is 1.04. The first-order chi connectivity index (χ1) is 14.4. The molecule has 0 bridgehead atoms. The van der Waals surface area contributed by atoms with Crippen LogP contribution in [-0.4, -0.2) is 48.4 Å². The standard InChI is InChI=1S/C22H25N3O4S/c23-11-4-14-25(13-3-6-17-5-1-7-18(15-17)22(26)27)30(28,29)21-9-2-8-19-16-24-12-10-20(19)21/h1-2,5,7-10,12,15-16H,3-4,6,11,13-14,23H2,(H,26,27). The van der Waals surface area contributed by atoms with Gasteiger partial charge in [0.15, 0.2) is 0 Å². The van der Waals surface area contributed by atoms with E-state index in [2.05, 4.69) is 4.98 Å². The summed E-state index contributed by atoms with van der Waals surface area (Å²) in [5.41, 5.74) is 6.72. The van der Waals surface area contributed by atoms with E-state index in [-0.39, 0.29) is 10.5 Å². The Morgan fingerprint density at radius 3 is 2.60 bits per heavy atom. The van der Waals surface area contributed by atoms with Crippen molar-refractivity contribution in [3.8, 4) is 0 Å². The van der Waals surface area contributed by atoms with Crippen LogP contribution in [0.2, 0.25) is 0 Å². The van der Waals surface area contributed by atoms with Gasteiger partial charge < -0.3 is 10.8 Å². The highest BCUT2D eigenvalue weighted by molar-refractivity contribution is 7.89. The Morgan fingerprint density at radius 2 is 1.83 bits per heavy atom. The van der Waals surface area contributed by atoms with Crippen molar-refractivity contribution in [2.75, 3.05) is 19.6 Å². The number of aromatic nitrogens is 1. The lowest BCUT2D eigenvalue weighted by molar-refractivity contribution is 0.0696. The average molecular weight is 428 g/mol. The van der Waals surface area contributed by atoms with Gasteiger partial charge in [-0.2, -0.15) is 4.31 Å². The van der Waals surface area contributed by atoms with Crippen LogP contribution < -0.4 is 5.73 Å². The van der Waals surface area contributed by atoms with Gasteiger partial charge in [-0.1, -0.05) is 24.3 Å². The minimum absolute atomic E-state index is 0.226. The fraction of sp³-hybridized carbons (Fsp3) is 0.273. The number of hydrogen-bond acceptors (Lipinski definition) is 5. The first-order valence-corrected chi connectivity index (χ1v) is 11.2. The third-order valence-corrected chi connectivity index (χ3v) is 6.87. The summed E-state index contributed by atoms with van der Waals surface area (Å²) in [7, 11) is -3.72. The topological polar surface area (TPSA) is 114 Å². The summed E-state index contributed by atoms with van der Waals surface area (Å²) < 4.78 is 28.3. The number of aryl methyl sites for hydroxylation is 1. The Hall–Kier alpha value is -2.81. The summed E-state index contributed by atoms with van der Waals surface area (Å²) in [4.78, 5) is 15.5. The molecule has 0 aliphatic rings. The molecule has 0 unspecified atom stereocenters. The number of carboxylic acid groups (broad SMARTS) is 1. The normalized spacial score (nSPS) is 11.8. The van der Waals surface area contributed by atoms with Gasteiger partial charge in [-0.15, -0.1) is 0 Å². The van der Waals surface area contributed by atoms with Crippen molar-refractivity contribution >= 4 is 26.8 Å². The Morgan fingerprint density at radius 1 is 1.07 bits per heavy atom. The summed E-state index contributed by atoms with van der Waals surface area (Å²) in [5, 5.41) is 10.5. The van der Waals surface area contributed by atoms with E-state index in [1.807, 2.05) is 12.1 Å². The molecule has 1 aromatic heterocycles. The molecule has 0 spiro atoms. The smallest absolute Gasteiger partial charge is 0.335 e. The molecule has 1 heterocycles. The molecule has 0 saturated carbocycles. The summed E-state index contributed by atoms with van der Waals surface area (Å²) >= 11 is 0. The molecular formula is C22H25N3O4S. The molecule has 158 valence electrons. The minimum Gasteiger partial charge on any atom is -0.478 e. The van der Waals surface area contributed by atoms with Crippen molar-refractivity contribution in [3.63, 3.8) is 0 Å². The number of hydrogen-bond donors (Lipinski definition) is 2. The lowest BCUT2D eigenvalue weighted by atomic mass is 10.1. The molecule has 8 heteroatoms. The molecule has 0 radical (unpaired) electrons. The van der Waals surface area contributed by atoms with Crippen LogP contribution in [0.15, 0.2) is 65.8 Å². The van der Waals surface area contributed by atoms with E-state index < -0.39 is 16.0 Å². The van der Waals surface area contributed by atoms with E-state index in [0.717, 1.165) is 10.9 Å². The maximum absolute atomic E-state index is 13.4. The first kappa shape index (κ1) is 21.9. The van der Waals surface area contributed by atoms with Crippen LogP contribution in [0.4, 0.5) is 0 Å². The molecule has 0 atom stereocenters. The molecule has 0 fully saturated rings. The van der Waals surface area contributed by atoms with Crippen molar-refractivity contribution in [2.45, 2.75) is 24.2 Å². The average Bonchev–Trinajstić information content (AvgIpc) is 2.75. The molecule has 0 aliphatic heterocycles. The van der Waals surface area contributed by atoms with E-state index in [9.17, 15) is 13.2 Å². The monoisotopic (exact) mass is 427 g/mol. The van der Waals surface area contributed by atoms with E-state index in [1.165, 1.54) is 4.31 Å². The summed E-state index contributed by atoms with van der Waals surface area (Å²) in [5.74, 6) is -0.977. The minimum atomic E-state index is -3.72. The molecule has 0 aliphatic carbocycles. The number of carboxylic acids is 1. The van der Waals surface area contributed by atoms with Crippen LogP contribution in [0.3, 0.4) is 0 Å². The highest BCUT2D eigenvalue weighted by Crippen LogP contribution is 2.25. The molecular weight excluding hydrogens is 402 g/mol. The molecule has 0 saturated heterocycles. The maximum atomic E-state index is 13.4. The van der Waals surface area contributed by atoms with E-state index in [0.29, 0.717) is 44.3 Å². The Bertz CT molecular complexity index is 1130. The van der Waals surface area contributed by atoms with Crippen LogP contribution in [0.1, 0.15) is 28.8 Å². The van der Waals surface area contributed by atoms with Gasteiger partial charge in [0.1, 0.15) is 0 Å². The summed E-state index contributed by atoms with van der Waals surface area (Å²) in [6.07, 6.45) is 4.93. The third kappa shape index (κ3) is 5.02. The highest BCUT2D eigenvalue weighted by atomic mass is 32.2. The predicted molar refractivity (Wildman–Crippen MR) is 116 cm³/mol.